The number of benzene rings is 2. The van der Waals surface area contributed by atoms with Gasteiger partial charge in [0.05, 0.1) is 13.3 Å². The summed E-state index contributed by atoms with van der Waals surface area (Å²) in [5.74, 6) is 0.793. The number of hydrogen-bond acceptors (Lipinski definition) is 4. The fourth-order valence-electron chi connectivity index (χ4n) is 1.85. The van der Waals surface area contributed by atoms with E-state index < -0.39 is 0 Å². The largest absolute Gasteiger partial charge is 0.493 e. The summed E-state index contributed by atoms with van der Waals surface area (Å²) in [5, 5.41) is 3.98. The van der Waals surface area contributed by atoms with Gasteiger partial charge in [-0.2, -0.15) is 5.10 Å². The molecule has 0 bridgehead atoms. The van der Waals surface area contributed by atoms with Crippen LogP contribution in [0.4, 0.5) is 4.39 Å². The van der Waals surface area contributed by atoms with E-state index in [0.717, 1.165) is 5.56 Å². The summed E-state index contributed by atoms with van der Waals surface area (Å²) in [6.45, 7) is 0.268. The lowest BCUT2D eigenvalue weighted by molar-refractivity contribution is 0.284. The van der Waals surface area contributed by atoms with Crippen molar-refractivity contribution in [2.45, 2.75) is 6.61 Å². The maximum absolute atomic E-state index is 12.9. The Balaban J connectivity index is 2.19. The number of ether oxygens (including phenoxy) is 2. The van der Waals surface area contributed by atoms with Crippen molar-refractivity contribution < 1.29 is 13.9 Å². The van der Waals surface area contributed by atoms with Crippen molar-refractivity contribution in [1.29, 1.82) is 0 Å². The Hall–Kier alpha value is -2.67. The second kappa shape index (κ2) is 8.09. The molecular formula is C16H16FN3O2S. The molecule has 0 aromatic heterocycles. The predicted molar refractivity (Wildman–Crippen MR) is 91.2 cm³/mol. The summed E-state index contributed by atoms with van der Waals surface area (Å²) in [7, 11) is 1.55. The molecule has 2 rings (SSSR count). The van der Waals surface area contributed by atoms with Crippen LogP contribution in [0, 0.1) is 5.82 Å². The monoisotopic (exact) mass is 333 g/mol. The van der Waals surface area contributed by atoms with Gasteiger partial charge < -0.3 is 15.2 Å². The first-order chi connectivity index (χ1) is 11.1. The molecule has 3 N–H and O–H groups in total. The summed E-state index contributed by atoms with van der Waals surface area (Å²) in [6, 6.07) is 11.5. The van der Waals surface area contributed by atoms with Gasteiger partial charge in [-0.3, -0.25) is 5.43 Å². The van der Waals surface area contributed by atoms with Crippen molar-refractivity contribution in [3.8, 4) is 11.5 Å². The first-order valence-corrected chi connectivity index (χ1v) is 7.13. The first-order valence-electron chi connectivity index (χ1n) is 6.73. The Morgan fingerprint density at radius 3 is 2.70 bits per heavy atom. The van der Waals surface area contributed by atoms with Crippen LogP contribution in [0.25, 0.3) is 0 Å². The fourth-order valence-corrected chi connectivity index (χ4v) is 1.90. The molecule has 0 aliphatic rings. The molecular weight excluding hydrogens is 317 g/mol. The zero-order valence-electron chi connectivity index (χ0n) is 12.5. The van der Waals surface area contributed by atoms with E-state index in [4.69, 9.17) is 15.2 Å². The average Bonchev–Trinajstić information content (AvgIpc) is 2.54. The molecule has 0 spiro atoms. The van der Waals surface area contributed by atoms with Crippen molar-refractivity contribution in [1.82, 2.24) is 5.43 Å². The van der Waals surface area contributed by atoms with Gasteiger partial charge in [0.2, 0.25) is 0 Å². The standard InChI is InChI=1S/C16H16FN3O2S/c1-21-14-4-2-3-12(9-19-20-16(18)23)15(14)22-10-11-5-7-13(17)8-6-11/h2-9H,10H2,1H3,(H3,18,20,23)/b19-9+. The van der Waals surface area contributed by atoms with Gasteiger partial charge in [-0.15, -0.1) is 0 Å². The number of methoxy groups -OCH3 is 1. The summed E-state index contributed by atoms with van der Waals surface area (Å²) in [5.41, 5.74) is 9.32. The smallest absolute Gasteiger partial charge is 0.184 e. The Morgan fingerprint density at radius 1 is 1.30 bits per heavy atom. The van der Waals surface area contributed by atoms with Crippen LogP contribution < -0.4 is 20.6 Å². The topological polar surface area (TPSA) is 68.9 Å². The number of halogens is 1. The second-order valence-electron chi connectivity index (χ2n) is 4.53. The minimum absolute atomic E-state index is 0.0675. The quantitative estimate of drug-likeness (QED) is 0.483. The van der Waals surface area contributed by atoms with E-state index in [-0.39, 0.29) is 17.5 Å². The Labute approximate surface area is 138 Å². The van der Waals surface area contributed by atoms with Crippen LogP contribution in [-0.4, -0.2) is 18.4 Å². The molecule has 0 fully saturated rings. The van der Waals surface area contributed by atoms with E-state index in [0.29, 0.717) is 17.1 Å². The van der Waals surface area contributed by atoms with Crippen LogP contribution in [0.2, 0.25) is 0 Å². The molecule has 0 aliphatic heterocycles. The Bertz CT molecular complexity index is 705. The minimum Gasteiger partial charge on any atom is -0.493 e. The van der Waals surface area contributed by atoms with E-state index in [1.807, 2.05) is 12.1 Å². The zero-order valence-corrected chi connectivity index (χ0v) is 13.3. The lowest BCUT2D eigenvalue weighted by atomic mass is 10.2. The van der Waals surface area contributed by atoms with E-state index >= 15 is 0 Å². The zero-order chi connectivity index (χ0) is 16.7. The molecule has 23 heavy (non-hydrogen) atoms. The highest BCUT2D eigenvalue weighted by molar-refractivity contribution is 7.80. The highest BCUT2D eigenvalue weighted by Gasteiger charge is 2.09. The first kappa shape index (κ1) is 16.7. The fraction of sp³-hybridized carbons (Fsp3) is 0.125. The van der Waals surface area contributed by atoms with Gasteiger partial charge in [0.1, 0.15) is 12.4 Å². The number of para-hydroxylation sites is 1. The second-order valence-corrected chi connectivity index (χ2v) is 4.97. The number of hydrogen-bond donors (Lipinski definition) is 2. The van der Waals surface area contributed by atoms with Crippen molar-refractivity contribution in [2.24, 2.45) is 10.8 Å². The van der Waals surface area contributed by atoms with Gasteiger partial charge in [-0.25, -0.2) is 4.39 Å². The molecule has 0 atom stereocenters. The van der Waals surface area contributed by atoms with Crippen LogP contribution >= 0.6 is 12.2 Å². The van der Waals surface area contributed by atoms with Crippen LogP contribution in [0.5, 0.6) is 11.5 Å². The third-order valence-corrected chi connectivity index (χ3v) is 3.00. The molecule has 5 nitrogen and oxygen atoms in total. The lowest BCUT2D eigenvalue weighted by Gasteiger charge is -2.13. The molecule has 0 amide bonds. The molecule has 2 aromatic rings. The Kier molecular flexibility index (Phi) is 5.87. The van der Waals surface area contributed by atoms with Gasteiger partial charge in [-0.05, 0) is 42.0 Å². The number of rotatable bonds is 6. The SMILES string of the molecule is COc1cccc(/C=N/NC(N)=S)c1OCc1ccc(F)cc1. The van der Waals surface area contributed by atoms with E-state index in [9.17, 15) is 4.39 Å². The minimum atomic E-state index is -0.289. The molecule has 0 radical (unpaired) electrons. The third-order valence-electron chi connectivity index (χ3n) is 2.90. The molecule has 2 aromatic carbocycles. The average molecular weight is 333 g/mol. The third kappa shape index (κ3) is 4.93. The van der Waals surface area contributed by atoms with Crippen molar-refractivity contribution in [2.75, 3.05) is 7.11 Å². The van der Waals surface area contributed by atoms with Crippen LogP contribution in [0.3, 0.4) is 0 Å². The van der Waals surface area contributed by atoms with E-state index in [1.165, 1.54) is 18.3 Å². The highest BCUT2D eigenvalue weighted by Crippen LogP contribution is 2.30. The molecule has 7 heteroatoms. The molecule has 0 aliphatic carbocycles. The van der Waals surface area contributed by atoms with Crippen molar-refractivity contribution in [3.63, 3.8) is 0 Å². The number of nitrogens with zero attached hydrogens (tertiary/aromatic N) is 1. The maximum Gasteiger partial charge on any atom is 0.184 e. The number of nitrogens with one attached hydrogen (secondary N) is 1. The van der Waals surface area contributed by atoms with Crippen LogP contribution in [0.1, 0.15) is 11.1 Å². The van der Waals surface area contributed by atoms with Crippen molar-refractivity contribution >= 4 is 23.5 Å². The van der Waals surface area contributed by atoms with Gasteiger partial charge in [0.25, 0.3) is 0 Å². The van der Waals surface area contributed by atoms with Gasteiger partial charge in [-0.1, -0.05) is 18.2 Å². The number of hydrazone groups is 1. The maximum atomic E-state index is 12.9. The molecule has 0 heterocycles. The Morgan fingerprint density at radius 2 is 2.04 bits per heavy atom. The summed E-state index contributed by atoms with van der Waals surface area (Å²) >= 11 is 4.68. The molecule has 120 valence electrons. The van der Waals surface area contributed by atoms with Crippen molar-refractivity contribution in [3.05, 3.63) is 59.4 Å². The molecule has 0 saturated carbocycles. The number of nitrogens with two attached hydrogens (primary N) is 1. The number of thiocarbonyl (C=S) groups is 1. The predicted octanol–water partition coefficient (Wildman–Crippen LogP) is 2.58. The van der Waals surface area contributed by atoms with E-state index in [1.54, 1.807) is 25.3 Å². The van der Waals surface area contributed by atoms with E-state index in [2.05, 4.69) is 22.7 Å². The summed E-state index contributed by atoms with van der Waals surface area (Å²) in [4.78, 5) is 0. The lowest BCUT2D eigenvalue weighted by Crippen LogP contribution is -2.24. The highest BCUT2D eigenvalue weighted by atomic mass is 32.1. The van der Waals surface area contributed by atoms with Gasteiger partial charge in [0.15, 0.2) is 16.6 Å². The molecule has 0 saturated heterocycles. The van der Waals surface area contributed by atoms with Crippen LogP contribution in [-0.2, 0) is 6.61 Å². The molecule has 0 unspecified atom stereocenters. The summed E-state index contributed by atoms with van der Waals surface area (Å²) < 4.78 is 24.0. The summed E-state index contributed by atoms with van der Waals surface area (Å²) in [6.07, 6.45) is 1.53. The van der Waals surface area contributed by atoms with Crippen LogP contribution in [0.15, 0.2) is 47.6 Å². The van der Waals surface area contributed by atoms with Gasteiger partial charge in [0, 0.05) is 5.56 Å². The normalized spacial score (nSPS) is 10.5. The van der Waals surface area contributed by atoms with Gasteiger partial charge >= 0.3 is 0 Å².